The second-order valence-corrected chi connectivity index (χ2v) is 12.6. The number of benzene rings is 4. The van der Waals surface area contributed by atoms with E-state index in [9.17, 15) is 0 Å². The third-order valence-corrected chi connectivity index (χ3v) is 9.21. The van der Waals surface area contributed by atoms with Gasteiger partial charge in [-0.05, 0) is 120 Å². The summed E-state index contributed by atoms with van der Waals surface area (Å²) in [5.41, 5.74) is 20.9. The normalized spacial score (nSPS) is 14.3. The van der Waals surface area contributed by atoms with Gasteiger partial charge in [-0.25, -0.2) is 0 Å². The number of hydrogen-bond donors (Lipinski definition) is 0. The van der Waals surface area contributed by atoms with E-state index in [1.54, 1.807) is 0 Å². The van der Waals surface area contributed by atoms with E-state index in [1.807, 2.05) is 0 Å². The van der Waals surface area contributed by atoms with Gasteiger partial charge >= 0.3 is 0 Å². The third kappa shape index (κ3) is 4.13. The van der Waals surface area contributed by atoms with Gasteiger partial charge in [0.05, 0.1) is 0 Å². The molecule has 0 fully saturated rings. The van der Waals surface area contributed by atoms with Crippen LogP contribution < -0.4 is 0 Å². The van der Waals surface area contributed by atoms with Crippen LogP contribution in [0.5, 0.6) is 0 Å². The Bertz CT molecular complexity index is 1640. The maximum atomic E-state index is 2.47. The predicted octanol–water partition coefficient (Wildman–Crippen LogP) is 10.5. The first kappa shape index (κ1) is 25.6. The number of allylic oxidation sites excluding steroid dienone is 4. The van der Waals surface area contributed by atoms with Crippen LogP contribution in [0.3, 0.4) is 0 Å². The van der Waals surface area contributed by atoms with Crippen LogP contribution in [-0.4, -0.2) is 0 Å². The van der Waals surface area contributed by atoms with Gasteiger partial charge in [0, 0.05) is 11.3 Å². The van der Waals surface area contributed by atoms with E-state index in [-0.39, 0.29) is 5.41 Å². The number of rotatable bonds is 4. The molecule has 39 heavy (non-hydrogen) atoms. The van der Waals surface area contributed by atoms with Crippen molar-refractivity contribution in [3.8, 4) is 33.4 Å². The maximum absolute atomic E-state index is 2.47. The van der Waals surface area contributed by atoms with E-state index >= 15 is 0 Å². The molecule has 0 saturated heterocycles. The molecule has 0 unspecified atom stereocenters. The molecule has 0 atom stereocenters. The first-order valence-corrected chi connectivity index (χ1v) is 14.4. The first-order valence-electron chi connectivity index (χ1n) is 14.4. The molecule has 196 valence electrons. The highest BCUT2D eigenvalue weighted by Crippen LogP contribution is 2.50. The van der Waals surface area contributed by atoms with Crippen molar-refractivity contribution < 1.29 is 0 Å². The molecule has 0 bridgehead atoms. The quantitative estimate of drug-likeness (QED) is 0.226. The van der Waals surface area contributed by atoms with E-state index < -0.39 is 0 Å². The van der Waals surface area contributed by atoms with E-state index in [1.165, 1.54) is 83.5 Å². The van der Waals surface area contributed by atoms with E-state index in [0.717, 1.165) is 6.42 Å². The molecule has 0 heterocycles. The highest BCUT2D eigenvalue weighted by atomic mass is 14.4. The molecule has 2 aliphatic rings. The highest BCUT2D eigenvalue weighted by Gasteiger charge is 2.37. The van der Waals surface area contributed by atoms with Gasteiger partial charge in [-0.3, -0.25) is 0 Å². The molecule has 0 heteroatoms. The minimum Gasteiger partial charge on any atom is -0.0768 e. The van der Waals surface area contributed by atoms with Crippen molar-refractivity contribution in [2.24, 2.45) is 5.92 Å². The van der Waals surface area contributed by atoms with Crippen LogP contribution in [0.15, 0.2) is 78.9 Å². The predicted molar refractivity (Wildman–Crippen MR) is 169 cm³/mol. The number of aryl methyl sites for hydroxylation is 6. The molecule has 0 amide bonds. The molecule has 2 aliphatic carbocycles. The minimum absolute atomic E-state index is 0.0387. The van der Waals surface area contributed by atoms with Crippen molar-refractivity contribution in [2.45, 2.75) is 67.2 Å². The van der Waals surface area contributed by atoms with Crippen LogP contribution in [-0.2, 0) is 11.8 Å². The van der Waals surface area contributed by atoms with Gasteiger partial charge < -0.3 is 0 Å². The fraction of sp³-hybridized carbons (Fsp3) is 0.282. The second kappa shape index (κ2) is 9.23. The van der Waals surface area contributed by atoms with Crippen LogP contribution in [0.2, 0.25) is 0 Å². The lowest BCUT2D eigenvalue weighted by Gasteiger charge is -2.35. The molecule has 0 nitrogen and oxygen atoms in total. The topological polar surface area (TPSA) is 0 Å². The standard InChI is InChI=1S/C39H40/c1-23-17-25(3)36(26(4)18-23)29-13-14-32-30(21-29)22-35-33(32)15-16-34(37-27(5)19-24(2)20-28(37)6)38(35)39(7,8)31-11-9-10-12-31/h9-21,31H,22H2,1-8H3. The zero-order chi connectivity index (χ0) is 27.6. The van der Waals surface area contributed by atoms with Crippen molar-refractivity contribution in [2.75, 3.05) is 0 Å². The lowest BCUT2D eigenvalue weighted by molar-refractivity contribution is 0.447. The molecular weight excluding hydrogens is 468 g/mol. The molecule has 0 N–H and O–H groups in total. The smallest absolute Gasteiger partial charge is 0.00448 e. The maximum Gasteiger partial charge on any atom is 0.00448 e. The summed E-state index contributed by atoms with van der Waals surface area (Å²) in [6, 6.07) is 21.3. The van der Waals surface area contributed by atoms with Crippen LogP contribution >= 0.6 is 0 Å². The van der Waals surface area contributed by atoms with Crippen LogP contribution in [0.25, 0.3) is 33.4 Å². The van der Waals surface area contributed by atoms with Crippen molar-refractivity contribution >= 4 is 0 Å². The van der Waals surface area contributed by atoms with Gasteiger partial charge in [-0.15, -0.1) is 0 Å². The Morgan fingerprint density at radius 3 is 1.69 bits per heavy atom. The van der Waals surface area contributed by atoms with Gasteiger partial charge in [0.25, 0.3) is 0 Å². The lowest BCUT2D eigenvalue weighted by Crippen LogP contribution is -2.28. The summed E-state index contributed by atoms with van der Waals surface area (Å²) in [6.07, 6.45) is 10.2. The minimum atomic E-state index is -0.0387. The van der Waals surface area contributed by atoms with Gasteiger partial charge in [0.2, 0.25) is 0 Å². The summed E-state index contributed by atoms with van der Waals surface area (Å²) >= 11 is 0. The second-order valence-electron chi connectivity index (χ2n) is 12.6. The highest BCUT2D eigenvalue weighted by molar-refractivity contribution is 5.87. The van der Waals surface area contributed by atoms with Crippen LogP contribution in [0, 0.1) is 47.5 Å². The Balaban J connectivity index is 1.56. The fourth-order valence-corrected chi connectivity index (χ4v) is 7.70. The van der Waals surface area contributed by atoms with Gasteiger partial charge in [-0.1, -0.05) is 104 Å². The molecule has 6 rings (SSSR count). The summed E-state index contributed by atoms with van der Waals surface area (Å²) in [6.45, 7) is 18.3. The first-order chi connectivity index (χ1) is 18.6. The Labute approximate surface area is 235 Å². The summed E-state index contributed by atoms with van der Waals surface area (Å²) in [5.74, 6) is 0.381. The molecule has 4 aromatic carbocycles. The zero-order valence-corrected chi connectivity index (χ0v) is 24.8. The average Bonchev–Trinajstić information content (AvgIpc) is 3.51. The van der Waals surface area contributed by atoms with Crippen molar-refractivity contribution in [3.63, 3.8) is 0 Å². The largest absolute Gasteiger partial charge is 0.0768 e. The van der Waals surface area contributed by atoms with Gasteiger partial charge in [-0.2, -0.15) is 0 Å². The Kier molecular flexibility index (Phi) is 6.07. The average molecular weight is 509 g/mol. The Morgan fingerprint density at radius 2 is 1.10 bits per heavy atom. The molecule has 0 radical (unpaired) electrons. The Morgan fingerprint density at radius 1 is 0.590 bits per heavy atom. The molecule has 0 aromatic heterocycles. The van der Waals surface area contributed by atoms with Crippen LogP contribution in [0.4, 0.5) is 0 Å². The lowest BCUT2D eigenvalue weighted by atomic mass is 9.68. The van der Waals surface area contributed by atoms with E-state index in [0.29, 0.717) is 5.92 Å². The Hall–Kier alpha value is -3.64. The number of hydrogen-bond acceptors (Lipinski definition) is 0. The summed E-state index contributed by atoms with van der Waals surface area (Å²) < 4.78 is 0. The molecular formula is C39H40. The monoisotopic (exact) mass is 508 g/mol. The number of fused-ring (bicyclic) bond motifs is 3. The van der Waals surface area contributed by atoms with Crippen molar-refractivity contribution in [3.05, 3.63) is 129 Å². The third-order valence-electron chi connectivity index (χ3n) is 9.21. The SMILES string of the molecule is Cc1cc(C)c(-c2ccc3c(c2)Cc2c-3ccc(-c3c(C)cc(C)cc3C)c2C(C)(C)C2C=CC=C2)c(C)c1. The van der Waals surface area contributed by atoms with Crippen molar-refractivity contribution in [1.29, 1.82) is 0 Å². The van der Waals surface area contributed by atoms with Gasteiger partial charge in [0.1, 0.15) is 0 Å². The summed E-state index contributed by atoms with van der Waals surface area (Å²) in [4.78, 5) is 0. The van der Waals surface area contributed by atoms with Crippen LogP contribution in [0.1, 0.15) is 63.9 Å². The van der Waals surface area contributed by atoms with E-state index in [4.69, 9.17) is 0 Å². The van der Waals surface area contributed by atoms with Gasteiger partial charge in [0.15, 0.2) is 0 Å². The zero-order valence-electron chi connectivity index (χ0n) is 24.8. The molecule has 0 aliphatic heterocycles. The molecule has 0 spiro atoms. The summed E-state index contributed by atoms with van der Waals surface area (Å²) in [7, 11) is 0. The summed E-state index contributed by atoms with van der Waals surface area (Å²) in [5, 5.41) is 0. The molecule has 0 saturated carbocycles. The fourth-order valence-electron chi connectivity index (χ4n) is 7.70. The van der Waals surface area contributed by atoms with Crippen molar-refractivity contribution in [1.82, 2.24) is 0 Å². The molecule has 4 aromatic rings. The van der Waals surface area contributed by atoms with E-state index in [2.05, 4.69) is 134 Å².